The van der Waals surface area contributed by atoms with Crippen molar-refractivity contribution in [2.75, 3.05) is 39.4 Å². The summed E-state index contributed by atoms with van der Waals surface area (Å²) in [7, 11) is 0. The summed E-state index contributed by atoms with van der Waals surface area (Å²) in [6, 6.07) is 6.35. The van der Waals surface area contributed by atoms with Gasteiger partial charge in [0.25, 0.3) is 5.91 Å². The summed E-state index contributed by atoms with van der Waals surface area (Å²) in [5.74, 6) is -2.50. The Kier molecular flexibility index (Phi) is 10.7. The van der Waals surface area contributed by atoms with Crippen molar-refractivity contribution in [2.45, 2.75) is 31.1 Å². The minimum absolute atomic E-state index is 0.0435. The number of amidine groups is 1. The number of alkyl halides is 6. The number of carbonyl (C=O) groups excluding carboxylic acids is 1. The largest absolute Gasteiger partial charge is 0.479 e. The normalized spacial score (nSPS) is 21.0. The van der Waals surface area contributed by atoms with Gasteiger partial charge in [-0.1, -0.05) is 12.1 Å². The van der Waals surface area contributed by atoms with E-state index in [9.17, 15) is 45.8 Å². The van der Waals surface area contributed by atoms with Crippen molar-refractivity contribution >= 4 is 51.8 Å². The van der Waals surface area contributed by atoms with Gasteiger partial charge in [-0.05, 0) is 53.2 Å². The zero-order valence-corrected chi connectivity index (χ0v) is 25.9. The molecule has 0 saturated carbocycles. The predicted octanol–water partition coefficient (Wildman–Crippen LogP) is 3.94. The molecule has 0 bridgehead atoms. The second-order valence-corrected chi connectivity index (χ2v) is 11.9. The highest BCUT2D eigenvalue weighted by Crippen LogP contribution is 2.38. The summed E-state index contributed by atoms with van der Waals surface area (Å²) in [6.07, 6.45) is -8.61. The van der Waals surface area contributed by atoms with Gasteiger partial charge in [0.2, 0.25) is 0 Å². The van der Waals surface area contributed by atoms with E-state index in [1.807, 2.05) is 0 Å². The number of hydrogen-bond donors (Lipinski definition) is 3. The van der Waals surface area contributed by atoms with E-state index in [2.05, 4.69) is 15.4 Å². The Hall–Kier alpha value is -4.46. The molecule has 3 aromatic rings. The number of aromatic nitrogens is 2. The van der Waals surface area contributed by atoms with E-state index < -0.39 is 60.1 Å². The molecule has 3 aliphatic heterocycles. The molecule has 4 heterocycles. The Balaban J connectivity index is 0.000000452. The molecular formula is C30H27F6N5O7S. The van der Waals surface area contributed by atoms with Crippen LogP contribution in [0.25, 0.3) is 17.0 Å². The van der Waals surface area contributed by atoms with Gasteiger partial charge in [0.15, 0.2) is 17.4 Å². The van der Waals surface area contributed by atoms with Crippen molar-refractivity contribution in [3.05, 3.63) is 69.8 Å². The molecule has 2 atom stereocenters. The van der Waals surface area contributed by atoms with Gasteiger partial charge in [0, 0.05) is 25.0 Å². The topological polar surface area (TPSA) is 156 Å². The van der Waals surface area contributed by atoms with Gasteiger partial charge in [-0.15, -0.1) is 0 Å². The first kappa shape index (κ1) is 35.8. The van der Waals surface area contributed by atoms with Crippen molar-refractivity contribution in [2.24, 2.45) is 4.99 Å². The number of hydrogen-bond acceptors (Lipinski definition) is 9. The fourth-order valence-electron chi connectivity index (χ4n) is 5.02. The maximum atomic E-state index is 13.6. The van der Waals surface area contributed by atoms with Crippen molar-refractivity contribution in [3.63, 3.8) is 0 Å². The first-order valence-corrected chi connectivity index (χ1v) is 15.3. The summed E-state index contributed by atoms with van der Waals surface area (Å²) in [6.45, 7) is 1.84. The van der Waals surface area contributed by atoms with Crippen LogP contribution < -0.4 is 5.32 Å². The van der Waals surface area contributed by atoms with E-state index in [0.29, 0.717) is 52.3 Å². The number of carboxylic acids is 2. The number of ether oxygens (including phenoxy) is 2. The Morgan fingerprint density at radius 2 is 1.73 bits per heavy atom. The van der Waals surface area contributed by atoms with Crippen LogP contribution in [0.15, 0.2) is 52.5 Å². The van der Waals surface area contributed by atoms with Gasteiger partial charge in [0.05, 0.1) is 54.0 Å². The maximum Gasteiger partial charge on any atom is 0.416 e. The molecule has 2 unspecified atom stereocenters. The molecule has 2 fully saturated rings. The number of thioether (sulfide) groups is 1. The lowest BCUT2D eigenvalue weighted by atomic mass is 10.0. The van der Waals surface area contributed by atoms with Gasteiger partial charge in [0.1, 0.15) is 0 Å². The molecule has 19 heteroatoms. The van der Waals surface area contributed by atoms with E-state index in [4.69, 9.17) is 14.6 Å². The molecule has 262 valence electrons. The van der Waals surface area contributed by atoms with E-state index in [-0.39, 0.29) is 24.8 Å². The van der Waals surface area contributed by atoms with Crippen LogP contribution >= 0.6 is 11.8 Å². The molecule has 0 radical (unpaired) electrons. The molecule has 2 saturated heterocycles. The number of benzene rings is 2. The number of fused-ring (bicyclic) bond motifs is 1. The summed E-state index contributed by atoms with van der Waals surface area (Å²) < 4.78 is 91.0. The second-order valence-electron chi connectivity index (χ2n) is 10.8. The fourth-order valence-corrected chi connectivity index (χ4v) is 5.97. The number of nitrogens with one attached hydrogen (secondary N) is 1. The van der Waals surface area contributed by atoms with Gasteiger partial charge in [-0.3, -0.25) is 9.48 Å². The van der Waals surface area contributed by atoms with Crippen molar-refractivity contribution in [1.29, 1.82) is 0 Å². The Labute approximate surface area is 277 Å². The highest BCUT2D eigenvalue weighted by atomic mass is 32.2. The van der Waals surface area contributed by atoms with E-state index in [1.165, 1.54) is 10.9 Å². The zero-order valence-electron chi connectivity index (χ0n) is 25.1. The molecule has 0 aliphatic carbocycles. The standard InChI is InChI=1S/C25H18F6N4O4S.C5H9NO3/c26-24(27,28)16-3-2-14(17(9-16)25(29,30)31)11-35-18-4-1-13(7-15(18)10-32-35)8-20-21(36)33-23(40-20)34-5-6-39-19(12-34)22(37)38;7-5(8)4-3-6-1-2-9-4/h1-4,7-10,19H,5-6,11-12H2,(H,37,38);4,6H,1-3H2,(H,7,8). The lowest BCUT2D eigenvalue weighted by molar-refractivity contribution is -0.154. The third-order valence-corrected chi connectivity index (χ3v) is 8.50. The molecule has 49 heavy (non-hydrogen) atoms. The quantitative estimate of drug-likeness (QED) is 0.260. The van der Waals surface area contributed by atoms with Crippen molar-refractivity contribution in [1.82, 2.24) is 20.0 Å². The molecule has 0 spiro atoms. The van der Waals surface area contributed by atoms with E-state index in [1.54, 1.807) is 29.2 Å². The van der Waals surface area contributed by atoms with Crippen LogP contribution in [0.3, 0.4) is 0 Å². The Bertz CT molecular complexity index is 1800. The lowest BCUT2D eigenvalue weighted by Gasteiger charge is -2.31. The molecular weight excluding hydrogens is 688 g/mol. The number of amides is 1. The highest BCUT2D eigenvalue weighted by Gasteiger charge is 2.38. The third-order valence-electron chi connectivity index (χ3n) is 7.45. The average Bonchev–Trinajstić information content (AvgIpc) is 3.63. The summed E-state index contributed by atoms with van der Waals surface area (Å²) >= 11 is 1.08. The van der Waals surface area contributed by atoms with Crippen LogP contribution in [-0.4, -0.2) is 99.5 Å². The van der Waals surface area contributed by atoms with Gasteiger partial charge < -0.3 is 29.9 Å². The van der Waals surface area contributed by atoms with Gasteiger partial charge in [-0.2, -0.15) is 36.4 Å². The SMILES string of the molecule is O=C(O)C1CNCCO1.O=C1N=C(N2CCOC(C(=O)O)C2)SC1=Cc1ccc2c(cnn2Cc2ccc(C(F)(F)F)cc2C(F)(F)F)c1. The maximum absolute atomic E-state index is 13.6. The minimum Gasteiger partial charge on any atom is -0.479 e. The van der Waals surface area contributed by atoms with E-state index >= 15 is 0 Å². The second kappa shape index (κ2) is 14.6. The van der Waals surface area contributed by atoms with Crippen LogP contribution in [0.5, 0.6) is 0 Å². The number of carbonyl (C=O) groups is 3. The van der Waals surface area contributed by atoms with Gasteiger partial charge >= 0.3 is 24.3 Å². The fraction of sp³-hybridized carbons (Fsp3) is 0.367. The van der Waals surface area contributed by atoms with Crippen LogP contribution in [0.2, 0.25) is 0 Å². The van der Waals surface area contributed by atoms with Gasteiger partial charge in [-0.25, -0.2) is 9.59 Å². The molecule has 1 aromatic heterocycles. The first-order chi connectivity index (χ1) is 23.1. The summed E-state index contributed by atoms with van der Waals surface area (Å²) in [5.41, 5.74) is -2.15. The summed E-state index contributed by atoms with van der Waals surface area (Å²) in [4.78, 5) is 39.9. The molecule has 3 N–H and O–H groups in total. The van der Waals surface area contributed by atoms with Crippen molar-refractivity contribution < 1.29 is 60.4 Å². The monoisotopic (exact) mass is 715 g/mol. The van der Waals surface area contributed by atoms with Crippen molar-refractivity contribution in [3.8, 4) is 0 Å². The zero-order chi connectivity index (χ0) is 35.5. The van der Waals surface area contributed by atoms with Crippen LogP contribution in [0.1, 0.15) is 22.3 Å². The Morgan fingerprint density at radius 3 is 2.37 bits per heavy atom. The minimum atomic E-state index is -5.00. The van der Waals surface area contributed by atoms with Crippen LogP contribution in [0.4, 0.5) is 26.3 Å². The molecule has 1 amide bonds. The Morgan fingerprint density at radius 1 is 1.00 bits per heavy atom. The number of aliphatic carboxylic acids is 2. The predicted molar refractivity (Wildman–Crippen MR) is 162 cm³/mol. The number of morpholine rings is 2. The summed E-state index contributed by atoms with van der Waals surface area (Å²) in [5, 5.41) is 25.5. The number of aliphatic imine (C=N–C) groups is 1. The molecule has 3 aliphatic rings. The molecule has 6 rings (SSSR count). The highest BCUT2D eigenvalue weighted by molar-refractivity contribution is 8.18. The lowest BCUT2D eigenvalue weighted by Crippen LogP contribution is -2.47. The number of halogens is 6. The smallest absolute Gasteiger partial charge is 0.416 e. The molecule has 2 aromatic carbocycles. The van der Waals surface area contributed by atoms with E-state index in [0.717, 1.165) is 24.4 Å². The number of rotatable bonds is 5. The number of carboxylic acid groups (broad SMARTS) is 2. The third kappa shape index (κ3) is 8.77. The first-order valence-electron chi connectivity index (χ1n) is 14.5. The van der Waals surface area contributed by atoms with Crippen LogP contribution in [0, 0.1) is 0 Å². The number of nitrogens with zero attached hydrogens (tertiary/aromatic N) is 4. The van der Waals surface area contributed by atoms with Crippen LogP contribution in [-0.2, 0) is 42.8 Å². The average molecular weight is 716 g/mol. The molecule has 12 nitrogen and oxygen atoms in total.